The van der Waals surface area contributed by atoms with Crippen molar-refractivity contribution in [3.05, 3.63) is 50.4 Å². The van der Waals surface area contributed by atoms with Crippen molar-refractivity contribution >= 4 is 50.5 Å². The highest BCUT2D eigenvalue weighted by Gasteiger charge is 2.30. The average molecular weight is 403 g/mol. The molecule has 1 unspecified atom stereocenters. The summed E-state index contributed by atoms with van der Waals surface area (Å²) in [5, 5.41) is 11.5. The van der Waals surface area contributed by atoms with E-state index < -0.39 is 6.23 Å². The molecule has 0 radical (unpaired) electrons. The summed E-state index contributed by atoms with van der Waals surface area (Å²) < 4.78 is 6.28. The van der Waals surface area contributed by atoms with Crippen molar-refractivity contribution in [3.63, 3.8) is 0 Å². The normalized spacial score (nSPS) is 17.3. The van der Waals surface area contributed by atoms with Crippen LogP contribution in [0.1, 0.15) is 12.0 Å². The zero-order valence-corrected chi connectivity index (χ0v) is 14.9. The highest BCUT2D eigenvalue weighted by molar-refractivity contribution is 9.10. The monoisotopic (exact) mass is 401 g/mol. The van der Waals surface area contributed by atoms with E-state index in [4.69, 9.17) is 27.9 Å². The third kappa shape index (κ3) is 2.69. The molecular formula is C16H14BrCl2NO2. The maximum absolute atomic E-state index is 10.5. The third-order valence-electron chi connectivity index (χ3n) is 3.77. The van der Waals surface area contributed by atoms with Crippen LogP contribution < -0.4 is 9.64 Å². The molecule has 6 heteroatoms. The molecule has 1 heterocycles. The van der Waals surface area contributed by atoms with Gasteiger partial charge in [-0.1, -0.05) is 45.2 Å². The quantitative estimate of drug-likeness (QED) is 0.752. The number of hydrogen-bond donors (Lipinski definition) is 1. The van der Waals surface area contributed by atoms with Gasteiger partial charge < -0.3 is 14.7 Å². The number of aliphatic hydroxyl groups is 1. The Kier molecular flexibility index (Phi) is 4.55. The van der Waals surface area contributed by atoms with Crippen LogP contribution in [0, 0.1) is 0 Å². The molecule has 0 aliphatic carbocycles. The van der Waals surface area contributed by atoms with Crippen molar-refractivity contribution in [1.82, 2.24) is 0 Å². The van der Waals surface area contributed by atoms with Crippen molar-refractivity contribution in [3.8, 4) is 5.75 Å². The number of ether oxygens (including phenoxy) is 1. The van der Waals surface area contributed by atoms with Gasteiger partial charge in [0.25, 0.3) is 0 Å². The van der Waals surface area contributed by atoms with E-state index in [1.54, 1.807) is 30.2 Å². The van der Waals surface area contributed by atoms with Gasteiger partial charge in [0, 0.05) is 10.5 Å². The summed E-state index contributed by atoms with van der Waals surface area (Å²) in [6, 6.07) is 9.12. The predicted molar refractivity (Wildman–Crippen MR) is 93.6 cm³/mol. The van der Waals surface area contributed by atoms with E-state index in [1.165, 1.54) is 0 Å². The van der Waals surface area contributed by atoms with Gasteiger partial charge in [-0.2, -0.15) is 0 Å². The van der Waals surface area contributed by atoms with Crippen molar-refractivity contribution in [1.29, 1.82) is 0 Å². The minimum Gasteiger partial charge on any atom is -0.497 e. The fourth-order valence-corrected chi connectivity index (χ4v) is 3.94. The summed E-state index contributed by atoms with van der Waals surface area (Å²) in [7, 11) is 1.61. The summed E-state index contributed by atoms with van der Waals surface area (Å²) in [5.74, 6) is 0.702. The van der Waals surface area contributed by atoms with Gasteiger partial charge in [0.1, 0.15) is 12.0 Å². The highest BCUT2D eigenvalue weighted by atomic mass is 79.9. The molecule has 0 spiro atoms. The zero-order valence-electron chi connectivity index (χ0n) is 11.8. The second kappa shape index (κ2) is 6.28. The maximum Gasteiger partial charge on any atom is 0.131 e. The number of halogens is 3. The van der Waals surface area contributed by atoms with E-state index in [1.807, 2.05) is 12.1 Å². The van der Waals surface area contributed by atoms with Crippen LogP contribution in [0.4, 0.5) is 11.4 Å². The smallest absolute Gasteiger partial charge is 0.131 e. The van der Waals surface area contributed by atoms with Crippen LogP contribution >= 0.6 is 39.1 Å². The van der Waals surface area contributed by atoms with E-state index in [-0.39, 0.29) is 0 Å². The lowest BCUT2D eigenvalue weighted by Gasteiger charge is -2.37. The molecule has 2 aromatic rings. The molecule has 0 saturated carbocycles. The molecule has 0 amide bonds. The van der Waals surface area contributed by atoms with Gasteiger partial charge in [-0.15, -0.1) is 0 Å². The van der Waals surface area contributed by atoms with Crippen LogP contribution in [0.15, 0.2) is 34.8 Å². The van der Waals surface area contributed by atoms with Crippen LogP contribution in [0.3, 0.4) is 0 Å². The summed E-state index contributed by atoms with van der Waals surface area (Å²) >= 11 is 16.2. The molecule has 1 aliphatic heterocycles. The number of aliphatic hydroxyl groups excluding tert-OH is 1. The molecule has 22 heavy (non-hydrogen) atoms. The Morgan fingerprint density at radius 1 is 1.27 bits per heavy atom. The van der Waals surface area contributed by atoms with E-state index in [0.717, 1.165) is 22.1 Å². The fraction of sp³-hybridized carbons (Fsp3) is 0.250. The van der Waals surface area contributed by atoms with Crippen LogP contribution in [-0.4, -0.2) is 18.4 Å². The Bertz CT molecular complexity index is 703. The van der Waals surface area contributed by atoms with Gasteiger partial charge in [0.05, 0.1) is 28.5 Å². The van der Waals surface area contributed by atoms with E-state index in [0.29, 0.717) is 27.9 Å². The largest absolute Gasteiger partial charge is 0.497 e. The number of hydrogen-bond acceptors (Lipinski definition) is 3. The average Bonchev–Trinajstić information content (AvgIpc) is 2.48. The number of methoxy groups -OCH3 is 1. The Morgan fingerprint density at radius 2 is 1.95 bits per heavy atom. The summed E-state index contributed by atoms with van der Waals surface area (Å²) in [5.41, 5.74) is 2.56. The predicted octanol–water partition coefficient (Wildman–Crippen LogP) is 5.17. The molecule has 2 aromatic carbocycles. The summed E-state index contributed by atoms with van der Waals surface area (Å²) in [6.07, 6.45) is 0.669. The van der Waals surface area contributed by atoms with E-state index >= 15 is 0 Å². The molecule has 1 N–H and O–H groups in total. The first-order chi connectivity index (χ1) is 10.5. The van der Waals surface area contributed by atoms with Gasteiger partial charge in [-0.25, -0.2) is 0 Å². The summed E-state index contributed by atoms with van der Waals surface area (Å²) in [6.45, 7) is 0. The Labute approximate surface area is 147 Å². The number of benzene rings is 2. The molecule has 1 aliphatic rings. The fourth-order valence-electron chi connectivity index (χ4n) is 2.73. The number of para-hydroxylation sites is 1. The minimum atomic E-state index is -0.691. The molecular weight excluding hydrogens is 389 g/mol. The van der Waals surface area contributed by atoms with Gasteiger partial charge in [-0.3, -0.25) is 0 Å². The molecule has 1 atom stereocenters. The minimum absolute atomic E-state index is 0.498. The number of nitrogens with zero attached hydrogens (tertiary/aromatic N) is 1. The second-order valence-electron chi connectivity index (χ2n) is 5.07. The first kappa shape index (κ1) is 15.9. The van der Waals surface area contributed by atoms with E-state index in [2.05, 4.69) is 15.9 Å². The van der Waals surface area contributed by atoms with Crippen LogP contribution in [0.2, 0.25) is 10.0 Å². The molecule has 0 aromatic heterocycles. The van der Waals surface area contributed by atoms with Gasteiger partial charge >= 0.3 is 0 Å². The maximum atomic E-state index is 10.5. The van der Waals surface area contributed by atoms with Crippen molar-refractivity contribution < 1.29 is 9.84 Å². The molecule has 116 valence electrons. The lowest BCUT2D eigenvalue weighted by Crippen LogP contribution is -2.36. The lowest BCUT2D eigenvalue weighted by molar-refractivity contribution is 0.165. The third-order valence-corrected chi connectivity index (χ3v) is 5.09. The van der Waals surface area contributed by atoms with Crippen LogP contribution in [0.5, 0.6) is 5.75 Å². The standard InChI is InChI=1S/C16H14BrCl2NO2/c1-22-9-7-11(17)10-5-6-15(21)20(14(10)8-9)16-12(18)3-2-4-13(16)19/h2-4,7-8,15,21H,5-6H2,1H3. The lowest BCUT2D eigenvalue weighted by atomic mass is 9.99. The van der Waals surface area contributed by atoms with Crippen molar-refractivity contribution in [2.24, 2.45) is 0 Å². The molecule has 3 rings (SSSR count). The Hall–Kier alpha value is -0.940. The number of rotatable bonds is 2. The Balaban J connectivity index is 2.24. The topological polar surface area (TPSA) is 32.7 Å². The first-order valence-electron chi connectivity index (χ1n) is 6.80. The van der Waals surface area contributed by atoms with E-state index in [9.17, 15) is 5.11 Å². The summed E-state index contributed by atoms with van der Waals surface area (Å²) in [4.78, 5) is 1.77. The molecule has 0 saturated heterocycles. The molecule has 0 bridgehead atoms. The number of fused-ring (bicyclic) bond motifs is 1. The van der Waals surface area contributed by atoms with Crippen molar-refractivity contribution in [2.75, 3.05) is 12.0 Å². The number of anilines is 2. The van der Waals surface area contributed by atoms with Crippen LogP contribution in [-0.2, 0) is 6.42 Å². The molecule has 0 fully saturated rings. The first-order valence-corrected chi connectivity index (χ1v) is 8.35. The zero-order chi connectivity index (χ0) is 15.9. The second-order valence-corrected chi connectivity index (χ2v) is 6.74. The van der Waals surface area contributed by atoms with Gasteiger partial charge in [0.15, 0.2) is 0 Å². The van der Waals surface area contributed by atoms with Gasteiger partial charge in [0.2, 0.25) is 0 Å². The highest BCUT2D eigenvalue weighted by Crippen LogP contribution is 2.46. The SMILES string of the molecule is COc1cc(Br)c2c(c1)N(c1c(Cl)cccc1Cl)C(O)CC2. The molecule has 3 nitrogen and oxygen atoms in total. The van der Waals surface area contributed by atoms with Gasteiger partial charge in [-0.05, 0) is 36.6 Å². The van der Waals surface area contributed by atoms with Crippen LogP contribution in [0.25, 0.3) is 0 Å². The van der Waals surface area contributed by atoms with Crippen molar-refractivity contribution in [2.45, 2.75) is 19.1 Å². The Morgan fingerprint density at radius 3 is 2.59 bits per heavy atom.